The number of hydrogen-bond acceptors (Lipinski definition) is 3. The normalized spacial score (nSPS) is 11.3. The summed E-state index contributed by atoms with van der Waals surface area (Å²) in [5.74, 6) is 1.44. The predicted molar refractivity (Wildman–Crippen MR) is 84.2 cm³/mol. The molecule has 0 aromatic heterocycles. The van der Waals surface area contributed by atoms with Crippen LogP contribution in [0.5, 0.6) is 5.75 Å². The number of amides is 1. The highest BCUT2D eigenvalue weighted by molar-refractivity contribution is 5.79. The zero-order valence-corrected chi connectivity index (χ0v) is 12.8. The summed E-state index contributed by atoms with van der Waals surface area (Å²) in [6.45, 7) is 5.64. The van der Waals surface area contributed by atoms with Gasteiger partial charge in [-0.1, -0.05) is 26.0 Å². The van der Waals surface area contributed by atoms with Crippen molar-refractivity contribution in [3.63, 3.8) is 0 Å². The van der Waals surface area contributed by atoms with E-state index in [1.54, 1.807) is 13.1 Å². The number of hydrogen-bond donors (Lipinski definition) is 3. The van der Waals surface area contributed by atoms with E-state index < -0.39 is 5.91 Å². The molecule has 4 N–H and O–H groups in total. The number of primary amides is 1. The average molecular weight is 292 g/mol. The van der Waals surface area contributed by atoms with Gasteiger partial charge in [0, 0.05) is 20.1 Å². The van der Waals surface area contributed by atoms with Gasteiger partial charge in [-0.25, -0.2) is 0 Å². The maximum atomic E-state index is 10.7. The van der Waals surface area contributed by atoms with Gasteiger partial charge in [0.2, 0.25) is 0 Å². The van der Waals surface area contributed by atoms with Crippen LogP contribution in [0.25, 0.3) is 0 Å². The summed E-state index contributed by atoms with van der Waals surface area (Å²) in [5.41, 5.74) is 6.08. The van der Waals surface area contributed by atoms with E-state index in [0.29, 0.717) is 18.2 Å². The van der Waals surface area contributed by atoms with Crippen molar-refractivity contribution in [2.75, 3.05) is 20.2 Å². The lowest BCUT2D eigenvalue weighted by Gasteiger charge is -2.14. The molecule has 0 spiro atoms. The number of benzene rings is 1. The summed E-state index contributed by atoms with van der Waals surface area (Å²) < 4.78 is 5.27. The summed E-state index contributed by atoms with van der Waals surface area (Å²) in [6, 6.07) is 7.50. The third kappa shape index (κ3) is 7.20. The monoisotopic (exact) mass is 292 g/mol. The van der Waals surface area contributed by atoms with Gasteiger partial charge in [-0.15, -0.1) is 0 Å². The Morgan fingerprint density at radius 1 is 1.38 bits per heavy atom. The zero-order chi connectivity index (χ0) is 15.7. The molecule has 1 rings (SSSR count). The van der Waals surface area contributed by atoms with E-state index in [-0.39, 0.29) is 6.61 Å². The minimum Gasteiger partial charge on any atom is -0.484 e. The Kier molecular flexibility index (Phi) is 7.08. The molecule has 116 valence electrons. The molecule has 0 bridgehead atoms. The molecule has 0 saturated heterocycles. The Hall–Kier alpha value is -2.24. The molecule has 0 aliphatic rings. The molecule has 1 amide bonds. The first-order valence-corrected chi connectivity index (χ1v) is 6.95. The molecular formula is C15H24N4O2. The molecule has 0 heterocycles. The fourth-order valence-corrected chi connectivity index (χ4v) is 1.61. The van der Waals surface area contributed by atoms with Gasteiger partial charge in [-0.3, -0.25) is 9.79 Å². The molecule has 1 aromatic rings. The minimum atomic E-state index is -0.489. The quantitative estimate of drug-likeness (QED) is 0.514. The maximum Gasteiger partial charge on any atom is 0.255 e. The molecule has 0 aliphatic carbocycles. The largest absolute Gasteiger partial charge is 0.484 e. The van der Waals surface area contributed by atoms with Crippen LogP contribution < -0.4 is 21.1 Å². The number of ether oxygens (including phenoxy) is 1. The Bertz CT molecular complexity index is 486. The van der Waals surface area contributed by atoms with Crippen LogP contribution >= 0.6 is 0 Å². The average Bonchev–Trinajstić information content (AvgIpc) is 2.45. The molecule has 0 unspecified atom stereocenters. The fourth-order valence-electron chi connectivity index (χ4n) is 1.61. The van der Waals surface area contributed by atoms with Gasteiger partial charge in [0.15, 0.2) is 12.6 Å². The minimum absolute atomic E-state index is 0.117. The molecule has 0 fully saturated rings. The van der Waals surface area contributed by atoms with Crippen molar-refractivity contribution in [3.05, 3.63) is 29.8 Å². The third-order valence-electron chi connectivity index (χ3n) is 2.64. The zero-order valence-electron chi connectivity index (χ0n) is 12.8. The molecule has 0 radical (unpaired) electrons. The van der Waals surface area contributed by atoms with E-state index >= 15 is 0 Å². The lowest BCUT2D eigenvalue weighted by Crippen LogP contribution is -2.38. The molecular weight excluding hydrogens is 268 g/mol. The summed E-state index contributed by atoms with van der Waals surface area (Å²) in [4.78, 5) is 14.9. The topological polar surface area (TPSA) is 88.7 Å². The van der Waals surface area contributed by atoms with Crippen LogP contribution in [0.4, 0.5) is 0 Å². The van der Waals surface area contributed by atoms with E-state index in [9.17, 15) is 4.79 Å². The number of aliphatic imine (C=N–C) groups is 1. The number of nitrogens with zero attached hydrogens (tertiary/aromatic N) is 1. The first-order valence-electron chi connectivity index (χ1n) is 6.95. The first-order chi connectivity index (χ1) is 10.0. The van der Waals surface area contributed by atoms with E-state index in [4.69, 9.17) is 10.5 Å². The fraction of sp³-hybridized carbons (Fsp3) is 0.467. The number of carbonyl (C=O) groups excluding carboxylic acids is 1. The van der Waals surface area contributed by atoms with Crippen LogP contribution in [-0.4, -0.2) is 32.1 Å². The van der Waals surface area contributed by atoms with Crippen LogP contribution in [0.1, 0.15) is 19.4 Å². The maximum absolute atomic E-state index is 10.7. The van der Waals surface area contributed by atoms with E-state index in [1.807, 2.05) is 18.2 Å². The third-order valence-corrected chi connectivity index (χ3v) is 2.64. The van der Waals surface area contributed by atoms with Crippen molar-refractivity contribution < 1.29 is 9.53 Å². The van der Waals surface area contributed by atoms with Gasteiger partial charge in [-0.2, -0.15) is 0 Å². The first kappa shape index (κ1) is 16.8. The molecule has 0 saturated carbocycles. The Morgan fingerprint density at radius 3 is 2.76 bits per heavy atom. The Balaban J connectivity index is 2.50. The highest BCUT2D eigenvalue weighted by Gasteiger charge is 2.02. The van der Waals surface area contributed by atoms with Gasteiger partial charge >= 0.3 is 0 Å². The van der Waals surface area contributed by atoms with Crippen molar-refractivity contribution in [3.8, 4) is 5.75 Å². The highest BCUT2D eigenvalue weighted by atomic mass is 16.5. The van der Waals surface area contributed by atoms with Crippen molar-refractivity contribution in [1.29, 1.82) is 0 Å². The van der Waals surface area contributed by atoms with Crippen LogP contribution in [-0.2, 0) is 11.3 Å². The van der Waals surface area contributed by atoms with Gasteiger partial charge in [-0.05, 0) is 23.6 Å². The molecule has 21 heavy (non-hydrogen) atoms. The van der Waals surface area contributed by atoms with Gasteiger partial charge in [0.25, 0.3) is 5.91 Å². The van der Waals surface area contributed by atoms with E-state index in [0.717, 1.165) is 18.1 Å². The number of nitrogens with two attached hydrogens (primary N) is 1. The number of guanidine groups is 1. The number of nitrogens with one attached hydrogen (secondary N) is 2. The summed E-state index contributed by atoms with van der Waals surface area (Å²) in [6.07, 6.45) is 0. The Labute approximate surface area is 125 Å². The summed E-state index contributed by atoms with van der Waals surface area (Å²) in [5, 5.41) is 6.47. The van der Waals surface area contributed by atoms with Gasteiger partial charge in [0.05, 0.1) is 0 Å². The lowest BCUT2D eigenvalue weighted by atomic mass is 10.2. The predicted octanol–water partition coefficient (Wildman–Crippen LogP) is 0.872. The van der Waals surface area contributed by atoms with Crippen LogP contribution in [0.15, 0.2) is 29.3 Å². The molecule has 0 atom stereocenters. The SMILES string of the molecule is CN=C(NCc1cccc(OCC(N)=O)c1)NCC(C)C. The van der Waals surface area contributed by atoms with Crippen molar-refractivity contribution in [2.45, 2.75) is 20.4 Å². The second-order valence-corrected chi connectivity index (χ2v) is 5.10. The number of carbonyl (C=O) groups is 1. The standard InChI is InChI=1S/C15H24N4O2/c1-11(2)8-18-15(17-3)19-9-12-5-4-6-13(7-12)21-10-14(16)20/h4-7,11H,8-10H2,1-3H3,(H2,16,20)(H2,17,18,19). The van der Waals surface area contributed by atoms with E-state index in [2.05, 4.69) is 29.5 Å². The van der Waals surface area contributed by atoms with Crippen molar-refractivity contribution >= 4 is 11.9 Å². The molecule has 6 heteroatoms. The van der Waals surface area contributed by atoms with Crippen molar-refractivity contribution in [2.24, 2.45) is 16.6 Å². The van der Waals surface area contributed by atoms with Crippen LogP contribution in [0, 0.1) is 5.92 Å². The van der Waals surface area contributed by atoms with Gasteiger partial charge < -0.3 is 21.1 Å². The second kappa shape index (κ2) is 8.84. The number of rotatable bonds is 7. The van der Waals surface area contributed by atoms with Crippen LogP contribution in [0.3, 0.4) is 0 Å². The van der Waals surface area contributed by atoms with Gasteiger partial charge in [0.1, 0.15) is 5.75 Å². The van der Waals surface area contributed by atoms with Crippen LogP contribution in [0.2, 0.25) is 0 Å². The molecule has 1 aromatic carbocycles. The second-order valence-electron chi connectivity index (χ2n) is 5.10. The Morgan fingerprint density at radius 2 is 2.14 bits per heavy atom. The highest BCUT2D eigenvalue weighted by Crippen LogP contribution is 2.12. The smallest absolute Gasteiger partial charge is 0.255 e. The van der Waals surface area contributed by atoms with Crippen molar-refractivity contribution in [1.82, 2.24) is 10.6 Å². The lowest BCUT2D eigenvalue weighted by molar-refractivity contribution is -0.119. The molecule has 6 nitrogen and oxygen atoms in total. The summed E-state index contributed by atoms with van der Waals surface area (Å²) >= 11 is 0. The van der Waals surface area contributed by atoms with E-state index in [1.165, 1.54) is 0 Å². The summed E-state index contributed by atoms with van der Waals surface area (Å²) in [7, 11) is 1.74. The molecule has 0 aliphatic heterocycles.